The fraction of sp³-hybridized carbons (Fsp3) is 0.333. The number of aromatic nitrogens is 2. The highest BCUT2D eigenvalue weighted by atomic mass is 32.1. The number of thiophene rings is 1. The number of furan rings is 1. The summed E-state index contributed by atoms with van der Waals surface area (Å²) in [6, 6.07) is 12.7. The number of H-pyrrole nitrogens is 1. The van der Waals surface area contributed by atoms with Gasteiger partial charge in [0, 0.05) is 17.0 Å². The summed E-state index contributed by atoms with van der Waals surface area (Å²) in [5, 5.41) is 6.10. The minimum atomic E-state index is -0.130. The average molecular weight is 422 g/mol. The number of nitrogens with one attached hydrogen (secondary N) is 2. The Kier molecular flexibility index (Phi) is 6.16. The van der Waals surface area contributed by atoms with Crippen LogP contribution in [0.15, 0.2) is 57.3 Å². The smallest absolute Gasteiger partial charge is 0.260 e. The van der Waals surface area contributed by atoms with Gasteiger partial charge in [0.05, 0.1) is 18.2 Å². The van der Waals surface area contributed by atoms with Crippen molar-refractivity contribution in [3.05, 3.63) is 75.3 Å². The number of hydrogen-bond donors (Lipinski definition) is 2. The molecule has 0 aliphatic carbocycles. The maximum Gasteiger partial charge on any atom is 0.260 e. The molecule has 4 aromatic rings. The van der Waals surface area contributed by atoms with Crippen LogP contribution in [0.4, 0.5) is 0 Å². The Morgan fingerprint density at radius 3 is 2.67 bits per heavy atom. The second kappa shape index (κ2) is 8.98. The van der Waals surface area contributed by atoms with Crippen LogP contribution in [-0.4, -0.2) is 9.97 Å². The molecule has 1 aromatic carbocycles. The second-order valence-electron chi connectivity index (χ2n) is 7.91. The molecule has 6 heteroatoms. The molecule has 0 radical (unpaired) electrons. The van der Waals surface area contributed by atoms with Crippen LogP contribution in [0.1, 0.15) is 50.2 Å². The minimum Gasteiger partial charge on any atom is -0.464 e. The topological polar surface area (TPSA) is 70.9 Å². The number of benzene rings is 1. The summed E-state index contributed by atoms with van der Waals surface area (Å²) < 4.78 is 5.46. The molecule has 0 aliphatic rings. The number of hydrogen-bond acceptors (Lipinski definition) is 5. The van der Waals surface area contributed by atoms with Crippen LogP contribution in [0.25, 0.3) is 21.5 Å². The molecule has 0 fully saturated rings. The molecule has 0 bridgehead atoms. The van der Waals surface area contributed by atoms with Crippen molar-refractivity contribution >= 4 is 21.6 Å². The van der Waals surface area contributed by atoms with Crippen molar-refractivity contribution in [1.29, 1.82) is 0 Å². The Morgan fingerprint density at radius 2 is 2.00 bits per heavy atom. The lowest BCUT2D eigenvalue weighted by molar-refractivity contribution is 0.406. The van der Waals surface area contributed by atoms with E-state index in [2.05, 4.69) is 60.3 Å². The monoisotopic (exact) mass is 421 g/mol. The van der Waals surface area contributed by atoms with Gasteiger partial charge in [0.15, 0.2) is 0 Å². The molecule has 3 aromatic heterocycles. The Morgan fingerprint density at radius 1 is 1.20 bits per heavy atom. The first-order chi connectivity index (χ1) is 14.6. The van der Waals surface area contributed by atoms with Crippen LogP contribution in [-0.2, 0) is 13.0 Å². The third-order valence-electron chi connectivity index (χ3n) is 5.31. The summed E-state index contributed by atoms with van der Waals surface area (Å²) >= 11 is 1.46. The van der Waals surface area contributed by atoms with Gasteiger partial charge in [-0.25, -0.2) is 4.98 Å². The quantitative estimate of drug-likeness (QED) is 0.384. The predicted molar refractivity (Wildman–Crippen MR) is 123 cm³/mol. The molecule has 156 valence electrons. The number of aryl methyl sites for hydroxylation is 1. The molecule has 0 amide bonds. The maximum absolute atomic E-state index is 12.8. The normalized spacial score (nSPS) is 12.7. The van der Waals surface area contributed by atoms with Crippen LogP contribution < -0.4 is 10.9 Å². The third-order valence-corrected chi connectivity index (χ3v) is 6.19. The Balaban J connectivity index is 1.55. The highest BCUT2D eigenvalue weighted by molar-refractivity contribution is 7.17. The van der Waals surface area contributed by atoms with Crippen molar-refractivity contribution in [3.63, 3.8) is 0 Å². The van der Waals surface area contributed by atoms with E-state index in [-0.39, 0.29) is 11.6 Å². The molecule has 2 N–H and O–H groups in total. The van der Waals surface area contributed by atoms with Gasteiger partial charge in [0.1, 0.15) is 16.4 Å². The van der Waals surface area contributed by atoms with E-state index in [1.54, 1.807) is 6.26 Å². The fourth-order valence-corrected chi connectivity index (χ4v) is 4.76. The molecule has 0 saturated heterocycles. The summed E-state index contributed by atoms with van der Waals surface area (Å²) in [6.07, 6.45) is 3.86. The van der Waals surface area contributed by atoms with Gasteiger partial charge < -0.3 is 14.7 Å². The Labute approximate surface area is 180 Å². The van der Waals surface area contributed by atoms with E-state index in [1.807, 2.05) is 17.5 Å². The lowest BCUT2D eigenvalue weighted by Gasteiger charge is -2.23. The van der Waals surface area contributed by atoms with Gasteiger partial charge in [0.25, 0.3) is 5.56 Å². The summed E-state index contributed by atoms with van der Waals surface area (Å²) in [5.74, 6) is 1.74. The van der Waals surface area contributed by atoms with Crippen molar-refractivity contribution in [1.82, 2.24) is 15.3 Å². The Bertz CT molecular complexity index is 1160. The fourth-order valence-electron chi connectivity index (χ4n) is 3.82. The maximum atomic E-state index is 12.8. The largest absolute Gasteiger partial charge is 0.464 e. The second-order valence-corrected chi connectivity index (χ2v) is 8.77. The average Bonchev–Trinajstić information content (AvgIpc) is 3.39. The van der Waals surface area contributed by atoms with Gasteiger partial charge in [-0.1, -0.05) is 51.5 Å². The van der Waals surface area contributed by atoms with Crippen molar-refractivity contribution in [2.75, 3.05) is 0 Å². The zero-order valence-corrected chi connectivity index (χ0v) is 18.4. The van der Waals surface area contributed by atoms with Gasteiger partial charge in [-0.2, -0.15) is 0 Å². The summed E-state index contributed by atoms with van der Waals surface area (Å²) in [6.45, 7) is 7.10. The van der Waals surface area contributed by atoms with Gasteiger partial charge in [-0.3, -0.25) is 4.79 Å². The summed E-state index contributed by atoms with van der Waals surface area (Å²) in [7, 11) is 0. The van der Waals surface area contributed by atoms with Crippen molar-refractivity contribution in [3.8, 4) is 11.3 Å². The van der Waals surface area contributed by atoms with Crippen molar-refractivity contribution < 1.29 is 4.42 Å². The minimum absolute atomic E-state index is 0.130. The molecule has 0 saturated carbocycles. The standard InChI is InChI=1S/C24H27N3O2S/c1-4-6-16-8-10-17(11-9-16)22(15(2)3)25-13-20-26-23(28)21-18(14-30-24(21)27-20)19-7-5-12-29-19/h5,7-12,14-15,22,25H,4,6,13H2,1-3H3,(H,26,27,28)/t22-/m0/s1. The number of fused-ring (bicyclic) bond motifs is 1. The molecular formula is C24H27N3O2S. The van der Waals surface area contributed by atoms with E-state index < -0.39 is 0 Å². The zero-order valence-electron chi connectivity index (χ0n) is 17.6. The molecule has 0 unspecified atom stereocenters. The highest BCUT2D eigenvalue weighted by Crippen LogP contribution is 2.31. The van der Waals surface area contributed by atoms with Crippen molar-refractivity contribution in [2.24, 2.45) is 5.92 Å². The molecule has 30 heavy (non-hydrogen) atoms. The Hall–Kier alpha value is -2.70. The first kappa shape index (κ1) is 20.6. The first-order valence-electron chi connectivity index (χ1n) is 10.4. The first-order valence-corrected chi connectivity index (χ1v) is 11.3. The summed E-state index contributed by atoms with van der Waals surface area (Å²) in [5.41, 5.74) is 3.28. The molecular weight excluding hydrogens is 394 g/mol. The van der Waals surface area contributed by atoms with Crippen molar-refractivity contribution in [2.45, 2.75) is 46.2 Å². The summed E-state index contributed by atoms with van der Waals surface area (Å²) in [4.78, 5) is 21.1. The van der Waals surface area contributed by atoms with Gasteiger partial charge in [0.2, 0.25) is 0 Å². The lowest BCUT2D eigenvalue weighted by Crippen LogP contribution is -2.27. The number of nitrogens with zero attached hydrogens (tertiary/aromatic N) is 1. The lowest BCUT2D eigenvalue weighted by atomic mass is 9.94. The molecule has 3 heterocycles. The van der Waals surface area contributed by atoms with Crippen LogP contribution in [0, 0.1) is 5.92 Å². The van der Waals surface area contributed by atoms with E-state index >= 15 is 0 Å². The predicted octanol–water partition coefficient (Wildman–Crippen LogP) is 5.68. The molecule has 1 atom stereocenters. The number of rotatable bonds is 8. The van der Waals surface area contributed by atoms with Gasteiger partial charge in [-0.05, 0) is 35.6 Å². The molecule has 5 nitrogen and oxygen atoms in total. The van der Waals surface area contributed by atoms with Crippen LogP contribution in [0.2, 0.25) is 0 Å². The number of aromatic amines is 1. The van der Waals surface area contributed by atoms with E-state index in [4.69, 9.17) is 4.42 Å². The van der Waals surface area contributed by atoms with Crippen LogP contribution >= 0.6 is 11.3 Å². The third kappa shape index (κ3) is 4.25. The molecule has 4 rings (SSSR count). The van der Waals surface area contributed by atoms with E-state index in [0.717, 1.165) is 23.2 Å². The highest BCUT2D eigenvalue weighted by Gasteiger charge is 2.18. The van der Waals surface area contributed by atoms with Crippen LogP contribution in [0.5, 0.6) is 0 Å². The molecule has 0 spiro atoms. The van der Waals surface area contributed by atoms with E-state index in [9.17, 15) is 4.79 Å². The van der Waals surface area contributed by atoms with Gasteiger partial charge in [-0.15, -0.1) is 11.3 Å². The zero-order chi connectivity index (χ0) is 21.1. The van der Waals surface area contributed by atoms with Gasteiger partial charge >= 0.3 is 0 Å². The SMILES string of the molecule is CCCc1ccc([C@@H](NCc2nc3scc(-c4ccco4)c3c(=O)[nH]2)C(C)C)cc1. The molecule has 0 aliphatic heterocycles. The van der Waals surface area contributed by atoms with E-state index in [0.29, 0.717) is 29.4 Å². The van der Waals surface area contributed by atoms with Crippen LogP contribution in [0.3, 0.4) is 0 Å². The van der Waals surface area contributed by atoms with E-state index in [1.165, 1.54) is 22.5 Å².